The van der Waals surface area contributed by atoms with Crippen molar-refractivity contribution in [3.8, 4) is 37.0 Å². The van der Waals surface area contributed by atoms with E-state index in [1.807, 2.05) is 13.8 Å². The molecule has 3 N–H and O–H groups in total. The number of hydrogen-bond donors (Lipinski definition) is 3. The van der Waals surface area contributed by atoms with Crippen LogP contribution in [0.15, 0.2) is 43.2 Å². The first-order chi connectivity index (χ1) is 47.7. The molecule has 17 saturated heterocycles. The molecule has 0 aliphatic carbocycles. The van der Waals surface area contributed by atoms with Crippen LogP contribution >= 0.6 is 12.2 Å². The lowest BCUT2D eigenvalue weighted by Gasteiger charge is -2.22. The second-order valence-electron chi connectivity index (χ2n) is 27.2. The highest BCUT2D eigenvalue weighted by atomic mass is 32.1. The molecule has 0 unspecified atom stereocenters. The molecule has 18 aliphatic heterocycles. The lowest BCUT2D eigenvalue weighted by Crippen LogP contribution is -2.35. The van der Waals surface area contributed by atoms with Crippen molar-refractivity contribution in [3.05, 3.63) is 43.2 Å². The molecule has 31 atom stereocenters. The van der Waals surface area contributed by atoms with Crippen molar-refractivity contribution < 1.29 is 120 Å². The fraction of sp³-hybridized carbons (Fsp3) is 0.800. The van der Waals surface area contributed by atoms with Crippen molar-refractivity contribution in [2.45, 2.75) is 197 Å². The topological polar surface area (TPSA) is 282 Å². The van der Waals surface area contributed by atoms with E-state index in [1.165, 1.54) is 5.57 Å². The first kappa shape index (κ1) is 73.9. The molecule has 1 aromatic rings. The molecule has 0 saturated carbocycles. The van der Waals surface area contributed by atoms with Gasteiger partial charge in [-0.1, -0.05) is 38.2 Å². The minimum absolute atomic E-state index is 0.0166. The molecule has 0 amide bonds. The summed E-state index contributed by atoms with van der Waals surface area (Å²) in [5, 5.41) is 28.8. The normalized spacial score (nSPS) is 45.5. The zero-order chi connectivity index (χ0) is 68.4. The number of aromatic nitrogens is 2. The first-order valence-electron chi connectivity index (χ1n) is 34.8. The molecule has 544 valence electrons. The van der Waals surface area contributed by atoms with Crippen LogP contribution in [0, 0.1) is 108 Å². The monoisotopic (exact) mass is 1400 g/mol. The molecule has 0 spiro atoms. The predicted molar refractivity (Wildman–Crippen MR) is 342 cm³/mol. The second kappa shape index (κ2) is 35.1. The Morgan fingerprint density at radius 1 is 0.531 bits per heavy atom. The molecule has 18 aliphatic rings. The van der Waals surface area contributed by atoms with Crippen molar-refractivity contribution >= 4 is 17.4 Å². The third kappa shape index (κ3) is 17.2. The Hall–Kier alpha value is -3.86. The minimum atomic E-state index is -0.567. The molecule has 19 heterocycles. The van der Waals surface area contributed by atoms with Gasteiger partial charge in [0.2, 0.25) is 6.29 Å². The van der Waals surface area contributed by atoms with Crippen LogP contribution in [0.1, 0.15) is 79.1 Å². The highest BCUT2D eigenvalue weighted by molar-refractivity contribution is 7.80. The molecule has 19 rings (SSSR count). The van der Waals surface area contributed by atoms with Crippen LogP contribution in [-0.4, -0.2) is 234 Å². The summed E-state index contributed by atoms with van der Waals surface area (Å²) in [5.41, 5.74) is 1.18. The van der Waals surface area contributed by atoms with Crippen LogP contribution in [0.5, 0.6) is 0 Å². The average molecular weight is 1400 g/mol. The summed E-state index contributed by atoms with van der Waals surface area (Å²) >= 11 is 5.24. The number of terminal acetylenes is 3. The van der Waals surface area contributed by atoms with Gasteiger partial charge >= 0.3 is 0 Å². The van der Waals surface area contributed by atoms with Gasteiger partial charge in [-0.15, -0.1) is 19.3 Å². The van der Waals surface area contributed by atoms with E-state index >= 15 is 0 Å². The number of nitrogens with zero attached hydrogens (tertiary/aromatic N) is 2. The van der Waals surface area contributed by atoms with E-state index in [0.717, 1.165) is 97.6 Å². The van der Waals surface area contributed by atoms with Crippen molar-refractivity contribution in [1.29, 1.82) is 0 Å². The van der Waals surface area contributed by atoms with E-state index in [-0.39, 0.29) is 142 Å². The highest BCUT2D eigenvalue weighted by Crippen LogP contribution is 2.48. The number of ether oxygens (including phenoxy) is 22. The third-order valence-electron chi connectivity index (χ3n) is 21.3. The Balaban J connectivity index is 0.000000108. The largest absolute Gasteiger partial charge is 0.472 e. The first-order valence-corrected chi connectivity index (χ1v) is 35.2. The van der Waals surface area contributed by atoms with Gasteiger partial charge in [0.15, 0.2) is 81.6 Å². The molecule has 0 radical (unpaired) electrons. The van der Waals surface area contributed by atoms with Gasteiger partial charge in [0.1, 0.15) is 26.1 Å². The lowest BCUT2D eigenvalue weighted by molar-refractivity contribution is -0.205. The Bertz CT molecular complexity index is 2780. The maximum Gasteiger partial charge on any atom is 0.269 e. The molecule has 0 bridgehead atoms. The fourth-order valence-electron chi connectivity index (χ4n) is 15.8. The maximum absolute atomic E-state index is 9.59. The molecular weight excluding hydrogens is 1300 g/mol. The minimum Gasteiger partial charge on any atom is -0.472 e. The maximum atomic E-state index is 9.59. The van der Waals surface area contributed by atoms with Crippen molar-refractivity contribution in [2.75, 3.05) is 85.9 Å². The summed E-state index contributed by atoms with van der Waals surface area (Å²) in [6.45, 7) is 20.0. The van der Waals surface area contributed by atoms with Gasteiger partial charge in [0.05, 0.1) is 109 Å². The Morgan fingerprint density at radius 2 is 0.980 bits per heavy atom. The van der Waals surface area contributed by atoms with E-state index in [1.54, 1.807) is 29.6 Å². The average Bonchev–Trinajstić information content (AvgIpc) is 1.65. The van der Waals surface area contributed by atoms with E-state index in [0.29, 0.717) is 85.6 Å². The zero-order valence-electron chi connectivity index (χ0n) is 56.2. The quantitative estimate of drug-likeness (QED) is 0.192. The molecular formula is C70H98N2O25S. The third-order valence-corrected chi connectivity index (χ3v) is 21.6. The summed E-state index contributed by atoms with van der Waals surface area (Å²) in [4.78, 5) is 3.93. The molecule has 28 heteroatoms. The zero-order valence-corrected chi connectivity index (χ0v) is 57.0. The molecule has 1 aromatic heterocycles. The number of thiocarbonyl (C=S) groups is 1. The van der Waals surface area contributed by atoms with E-state index in [2.05, 4.69) is 49.2 Å². The number of imidazole rings is 1. The van der Waals surface area contributed by atoms with Crippen LogP contribution in [0.2, 0.25) is 0 Å². The van der Waals surface area contributed by atoms with Crippen LogP contribution < -0.4 is 0 Å². The Labute approximate surface area is 578 Å². The van der Waals surface area contributed by atoms with Gasteiger partial charge in [-0.05, 0) is 89.1 Å². The SMILES string of the molecule is C#CCO[C@@H]1O[C@H]2OCC[C@H]2[C@H]1C.C#CCO[C@@H]1O[C@H]2OCC[C@H]2[C@H]1OC(=S)n1ccnc1.C#CCO[C@H]1O[C@H]2OCC[C@H]2[C@H]1C.C1=C[C@@H]2CCO[C@@H]2O1.C=C1CO[C@@H]2O[C@H]3OCC[C@H]3[C@H]12.C[C@H]1O[C@H]2OCC[C@H]2[C@@H]1O.C[C@H]1O[C@H]2OCC[C@H]2[C@H]1O.O[C@@H]1CO[C@@H]2O[C@H]3OCC[C@H]3[C@@H]21. The predicted octanol–water partition coefficient (Wildman–Crippen LogP) is 4.52. The highest BCUT2D eigenvalue weighted by Gasteiger charge is 2.56. The molecule has 17 fully saturated rings. The number of aliphatic hydroxyl groups excluding tert-OH is 3. The Kier molecular flexibility index (Phi) is 26.4. The molecule has 98 heavy (non-hydrogen) atoms. The van der Waals surface area contributed by atoms with Gasteiger partial charge < -0.3 is 120 Å². The number of fused-ring (bicyclic) bond motifs is 12. The van der Waals surface area contributed by atoms with Gasteiger partial charge in [-0.2, -0.15) is 0 Å². The standard InChI is InChI=1S/C13H14N2O4S.2C10H14O3.C9H12O3.C8H12O4.2C7H12O3.C6H8O2/c1-2-6-16-12-10(9-3-7-17-11(9)19-12)18-13(20)15-5-4-14-8-15;2*1-3-5-11-9-7(2)8-4-6-12-10(8)13-9;1-5-4-11-9-7(5)6-2-3-10-8(6)12-9;9-5-3-11-8-6(5)4-1-2-10-7(4)12-8;2*1-4-6(8)5-2-3-9-7(5)10-4;1-3-7-6-5(1)2-4-8-6/h1,4-5,8-12H,3,6-7H2;2*1,7-10H,4-6H2,2H3;6-9H,1-4H2;4-9H,1-3H2;2*4-8H,2-3H2,1H3;1,3,5-6H,2,4H2/t9-,10+,11+,12+;7-,8+,9+,10-;7-,8+,9-,10-;6-,7-,8+,9+;4-,5+,6+,7+,8+;4-,5+,6+,7-;4-,5+,6-,7-;5-,6+/m01100111/s1. The van der Waals surface area contributed by atoms with Crippen molar-refractivity contribution in [1.82, 2.24) is 9.55 Å². The molecule has 27 nitrogen and oxygen atoms in total. The number of hydrogen-bond acceptors (Lipinski definition) is 27. The smallest absolute Gasteiger partial charge is 0.269 e. The van der Waals surface area contributed by atoms with Gasteiger partial charge in [-0.25, -0.2) is 4.98 Å². The summed E-state index contributed by atoms with van der Waals surface area (Å²) in [7, 11) is 0. The van der Waals surface area contributed by atoms with Gasteiger partial charge in [0, 0.05) is 77.5 Å². The summed E-state index contributed by atoms with van der Waals surface area (Å²) in [5.74, 6) is 11.6. The summed E-state index contributed by atoms with van der Waals surface area (Å²) in [6.07, 6.45) is 28.9. The second-order valence-corrected chi connectivity index (χ2v) is 27.6. The van der Waals surface area contributed by atoms with E-state index < -0.39 is 6.29 Å². The lowest BCUT2D eigenvalue weighted by atomic mass is 9.88. The number of aliphatic hydroxyl groups is 3. The fourth-order valence-corrected chi connectivity index (χ4v) is 16.0. The Morgan fingerprint density at radius 3 is 1.50 bits per heavy atom. The van der Waals surface area contributed by atoms with Crippen molar-refractivity contribution in [3.63, 3.8) is 0 Å². The van der Waals surface area contributed by atoms with Crippen LogP contribution in [0.25, 0.3) is 0 Å². The summed E-state index contributed by atoms with van der Waals surface area (Å²) < 4.78 is 121. The van der Waals surface area contributed by atoms with Gasteiger partial charge in [-0.3, -0.25) is 4.57 Å². The van der Waals surface area contributed by atoms with E-state index in [4.69, 9.17) is 136 Å². The van der Waals surface area contributed by atoms with Crippen LogP contribution in [0.3, 0.4) is 0 Å². The number of rotatable bonds is 7. The van der Waals surface area contributed by atoms with Crippen LogP contribution in [-0.2, 0) is 104 Å². The van der Waals surface area contributed by atoms with Gasteiger partial charge in [0.25, 0.3) is 5.17 Å². The summed E-state index contributed by atoms with van der Waals surface area (Å²) in [6, 6.07) is 0. The molecule has 0 aromatic carbocycles. The van der Waals surface area contributed by atoms with Crippen LogP contribution in [0.4, 0.5) is 0 Å². The van der Waals surface area contributed by atoms with Crippen molar-refractivity contribution in [2.24, 2.45) is 71.0 Å². The van der Waals surface area contributed by atoms with E-state index in [9.17, 15) is 15.3 Å².